The second-order valence-corrected chi connectivity index (χ2v) is 11.8. The minimum Gasteiger partial charge on any atom is -0.480 e. The van der Waals surface area contributed by atoms with Gasteiger partial charge in [-0.1, -0.05) is 37.2 Å². The second kappa shape index (κ2) is 7.60. The van der Waals surface area contributed by atoms with Crippen LogP contribution in [0.5, 0.6) is 0 Å². The van der Waals surface area contributed by atoms with Crippen LogP contribution in [0.4, 0.5) is 13.2 Å². The Kier molecular flexibility index (Phi) is 5.49. The number of rotatable bonds is 7. The number of sulfonamides is 1. The van der Waals surface area contributed by atoms with Crippen molar-refractivity contribution >= 4 is 27.8 Å². The lowest BCUT2D eigenvalue weighted by atomic mass is 9.93. The van der Waals surface area contributed by atoms with E-state index in [1.54, 1.807) is 19.9 Å². The maximum Gasteiger partial charge on any atom is 0.325 e. The number of halogens is 3. The number of carbonyl (C=O) groups is 1. The number of benzene rings is 1. The third-order valence-corrected chi connectivity index (χ3v) is 9.73. The van der Waals surface area contributed by atoms with Crippen molar-refractivity contribution in [1.82, 2.24) is 9.88 Å². The van der Waals surface area contributed by atoms with Gasteiger partial charge in [0.1, 0.15) is 15.6 Å². The van der Waals surface area contributed by atoms with Crippen LogP contribution < -0.4 is 4.72 Å². The normalized spacial score (nSPS) is 29.7. The first kappa shape index (κ1) is 23.8. The minimum atomic E-state index is -4.29. The highest BCUT2D eigenvalue weighted by Crippen LogP contribution is 2.59. The number of hydrogen-bond donors (Lipinski definition) is 2. The first-order valence-corrected chi connectivity index (χ1v) is 12.3. The summed E-state index contributed by atoms with van der Waals surface area (Å²) in [6, 6.07) is 6.48. The number of nitrogens with zero attached hydrogens (tertiary/aromatic N) is 1. The van der Waals surface area contributed by atoms with Gasteiger partial charge in [0, 0.05) is 18.4 Å². The van der Waals surface area contributed by atoms with Crippen LogP contribution in [0.15, 0.2) is 45.2 Å². The third-order valence-electron chi connectivity index (χ3n) is 6.21. The summed E-state index contributed by atoms with van der Waals surface area (Å²) in [5.74, 6) is -6.20. The molecule has 4 rings (SSSR count). The molecule has 0 amide bonds. The molecule has 2 heterocycles. The molecule has 1 saturated carbocycles. The molecule has 0 bridgehead atoms. The van der Waals surface area contributed by atoms with Crippen LogP contribution in [0.3, 0.4) is 0 Å². The van der Waals surface area contributed by atoms with Crippen LogP contribution in [-0.4, -0.2) is 30.2 Å². The summed E-state index contributed by atoms with van der Waals surface area (Å²) >= 11 is 0.872. The highest BCUT2D eigenvalue weighted by molar-refractivity contribution is 8.18. The first-order valence-electron chi connectivity index (χ1n) is 9.96. The molecule has 1 fully saturated rings. The number of hydrogen-bond acceptors (Lipinski definition) is 6. The molecule has 1 aliphatic heterocycles. The average molecular weight is 503 g/mol. The van der Waals surface area contributed by atoms with Crippen molar-refractivity contribution in [2.45, 2.75) is 49.3 Å². The molecule has 4 atom stereocenters. The van der Waals surface area contributed by atoms with Gasteiger partial charge in [0.25, 0.3) is 0 Å². The van der Waals surface area contributed by atoms with Gasteiger partial charge in [0.15, 0.2) is 0 Å². The molecule has 2 aliphatic rings. The van der Waals surface area contributed by atoms with Crippen molar-refractivity contribution in [3.8, 4) is 0 Å². The molecule has 1 aliphatic carbocycles. The predicted molar refractivity (Wildman–Crippen MR) is 114 cm³/mol. The molecule has 7 nitrogen and oxygen atoms in total. The second-order valence-electron chi connectivity index (χ2n) is 8.72. The van der Waals surface area contributed by atoms with Gasteiger partial charge >= 0.3 is 11.9 Å². The van der Waals surface area contributed by atoms with Crippen LogP contribution in [-0.2, 0) is 26.2 Å². The molecule has 12 heteroatoms. The molecule has 2 aromatic rings. The molecule has 0 spiro atoms. The SMILES string of the molecule is CC1C=C(S(=O)(=O)NC2(C(=O)O)CC2(C)c2cccc(F)c2)SC1c1cc(C(C)(F)F)on1. The number of allylic oxidation sites excluding steroid dienone is 1. The molecule has 33 heavy (non-hydrogen) atoms. The topological polar surface area (TPSA) is 110 Å². The lowest BCUT2D eigenvalue weighted by molar-refractivity contribution is -0.140. The summed E-state index contributed by atoms with van der Waals surface area (Å²) in [6.45, 7) is 3.92. The fraction of sp³-hybridized carbons (Fsp3) is 0.429. The fourth-order valence-electron chi connectivity index (χ4n) is 4.14. The highest BCUT2D eigenvalue weighted by atomic mass is 32.3. The molecule has 1 aromatic carbocycles. The minimum absolute atomic E-state index is 0.0623. The lowest BCUT2D eigenvalue weighted by Crippen LogP contribution is -2.48. The van der Waals surface area contributed by atoms with Crippen LogP contribution in [0, 0.1) is 11.7 Å². The van der Waals surface area contributed by atoms with E-state index in [0.29, 0.717) is 12.5 Å². The fourth-order valence-corrected chi connectivity index (χ4v) is 7.49. The van der Waals surface area contributed by atoms with Crippen LogP contribution >= 0.6 is 11.8 Å². The average Bonchev–Trinajstić information content (AvgIpc) is 3.06. The predicted octanol–water partition coefficient (Wildman–Crippen LogP) is 4.30. The summed E-state index contributed by atoms with van der Waals surface area (Å²) in [6.07, 6.45) is 1.36. The summed E-state index contributed by atoms with van der Waals surface area (Å²) in [7, 11) is -4.29. The Labute approximate surface area is 192 Å². The van der Waals surface area contributed by atoms with Gasteiger partial charge in [-0.25, -0.2) is 12.8 Å². The zero-order valence-corrected chi connectivity index (χ0v) is 19.4. The Morgan fingerprint density at radius 2 is 2.06 bits per heavy atom. The van der Waals surface area contributed by atoms with E-state index in [9.17, 15) is 31.5 Å². The maximum atomic E-state index is 13.7. The Bertz CT molecular complexity index is 1260. The number of carboxylic acid groups (broad SMARTS) is 1. The Hall–Kier alpha value is -2.31. The van der Waals surface area contributed by atoms with Crippen molar-refractivity contribution in [1.29, 1.82) is 0 Å². The molecule has 0 radical (unpaired) electrons. The maximum absolute atomic E-state index is 13.7. The van der Waals surface area contributed by atoms with E-state index in [0.717, 1.165) is 17.8 Å². The van der Waals surface area contributed by atoms with Crippen molar-refractivity contribution in [2.24, 2.45) is 5.92 Å². The van der Waals surface area contributed by atoms with Crippen molar-refractivity contribution in [3.05, 3.63) is 63.5 Å². The van der Waals surface area contributed by atoms with E-state index < -0.39 is 55.6 Å². The Balaban J connectivity index is 1.58. The number of aromatic nitrogens is 1. The van der Waals surface area contributed by atoms with Gasteiger partial charge in [-0.2, -0.15) is 13.5 Å². The number of thioether (sulfide) groups is 1. The van der Waals surface area contributed by atoms with Gasteiger partial charge in [0.05, 0.1) is 10.9 Å². The van der Waals surface area contributed by atoms with Gasteiger partial charge in [-0.3, -0.25) is 4.79 Å². The number of aliphatic carboxylic acids is 1. The molecule has 2 N–H and O–H groups in total. The van der Waals surface area contributed by atoms with E-state index in [1.807, 2.05) is 0 Å². The smallest absolute Gasteiger partial charge is 0.325 e. The van der Waals surface area contributed by atoms with E-state index in [4.69, 9.17) is 4.52 Å². The molecule has 4 unspecified atom stereocenters. The molecule has 1 aromatic heterocycles. The zero-order valence-electron chi connectivity index (χ0n) is 17.8. The third kappa shape index (κ3) is 3.97. The summed E-state index contributed by atoms with van der Waals surface area (Å²) < 4.78 is 73.9. The largest absolute Gasteiger partial charge is 0.480 e. The number of carboxylic acids is 1. The Morgan fingerprint density at radius 3 is 2.64 bits per heavy atom. The van der Waals surface area contributed by atoms with Crippen molar-refractivity contribution in [2.75, 3.05) is 0 Å². The lowest BCUT2D eigenvalue weighted by Gasteiger charge is -2.21. The first-order chi connectivity index (χ1) is 15.2. The molecule has 0 saturated heterocycles. The van der Waals surface area contributed by atoms with Crippen LogP contribution in [0.2, 0.25) is 0 Å². The monoisotopic (exact) mass is 502 g/mol. The van der Waals surface area contributed by atoms with Gasteiger partial charge in [0.2, 0.25) is 15.8 Å². The van der Waals surface area contributed by atoms with E-state index in [1.165, 1.54) is 24.3 Å². The van der Waals surface area contributed by atoms with Gasteiger partial charge in [-0.05, 0) is 30.0 Å². The van der Waals surface area contributed by atoms with E-state index >= 15 is 0 Å². The summed E-state index contributed by atoms with van der Waals surface area (Å²) in [4.78, 5) is 12.2. The zero-order chi connectivity index (χ0) is 24.4. The van der Waals surface area contributed by atoms with Crippen molar-refractivity contribution in [3.63, 3.8) is 0 Å². The standard InChI is InChI=1S/C21H21F3N2O5S2/c1-11-7-16(32-17(11)14-9-15(31-25-14)20(3,23)24)33(29,30)26-21(18(27)28)10-19(21,2)12-5-4-6-13(22)8-12/h4-9,11,17,26H,10H2,1-3H3,(H,27,28). The number of alkyl halides is 2. The summed E-state index contributed by atoms with van der Waals surface area (Å²) in [5, 5.41) is 13.0. The molecular weight excluding hydrogens is 481 g/mol. The van der Waals surface area contributed by atoms with Gasteiger partial charge < -0.3 is 9.63 Å². The molecular formula is C21H21F3N2O5S2. The Morgan fingerprint density at radius 1 is 1.36 bits per heavy atom. The van der Waals surface area contributed by atoms with E-state index in [2.05, 4.69) is 9.88 Å². The number of nitrogens with one attached hydrogen (secondary N) is 1. The van der Waals surface area contributed by atoms with Crippen molar-refractivity contribution < 1.29 is 36.0 Å². The van der Waals surface area contributed by atoms with Crippen LogP contribution in [0.25, 0.3) is 0 Å². The highest BCUT2D eigenvalue weighted by Gasteiger charge is 2.72. The van der Waals surface area contributed by atoms with E-state index in [-0.39, 0.29) is 16.4 Å². The molecule has 178 valence electrons. The summed E-state index contributed by atoms with van der Waals surface area (Å²) in [5.41, 5.74) is -2.48. The quantitative estimate of drug-likeness (QED) is 0.581. The van der Waals surface area contributed by atoms with Crippen LogP contribution in [0.1, 0.15) is 49.5 Å². The van der Waals surface area contributed by atoms with Gasteiger partial charge in [-0.15, -0.1) is 11.8 Å².